The lowest BCUT2D eigenvalue weighted by Gasteiger charge is -2.35. The Bertz CT molecular complexity index is 1150. The molecule has 3 heterocycles. The number of nitriles is 1. The summed E-state index contributed by atoms with van der Waals surface area (Å²) >= 11 is 12.7. The SMILES string of the molecule is Cc1ncc(CO)c(/C=N/N(C)C2=Nc3ccc(Cl)cc3N3OCC(Cl)(C#N)C23)c1O. The van der Waals surface area contributed by atoms with E-state index in [0.717, 1.165) is 0 Å². The zero-order valence-corrected chi connectivity index (χ0v) is 18.1. The number of pyridine rings is 1. The normalized spacial score (nSPS) is 22.1. The predicted molar refractivity (Wildman–Crippen MR) is 117 cm³/mol. The van der Waals surface area contributed by atoms with Gasteiger partial charge in [-0.25, -0.2) is 10.1 Å². The first kappa shape index (κ1) is 21.3. The quantitative estimate of drug-likeness (QED) is 0.410. The average molecular weight is 461 g/mol. The van der Waals surface area contributed by atoms with Crippen LogP contribution in [0.25, 0.3) is 0 Å². The first-order valence-corrected chi connectivity index (χ1v) is 10.0. The van der Waals surface area contributed by atoms with Crippen molar-refractivity contribution in [1.82, 2.24) is 9.99 Å². The van der Waals surface area contributed by atoms with Crippen molar-refractivity contribution in [1.29, 1.82) is 5.26 Å². The summed E-state index contributed by atoms with van der Waals surface area (Å²) in [5.74, 6) is 0.291. The van der Waals surface area contributed by atoms with E-state index in [1.54, 1.807) is 32.2 Å². The van der Waals surface area contributed by atoms with Gasteiger partial charge in [-0.1, -0.05) is 23.2 Å². The Labute approximate surface area is 188 Å². The molecule has 0 aliphatic carbocycles. The fourth-order valence-corrected chi connectivity index (χ4v) is 3.84. The van der Waals surface area contributed by atoms with Gasteiger partial charge in [0.15, 0.2) is 16.8 Å². The van der Waals surface area contributed by atoms with Crippen LogP contribution in [0.15, 0.2) is 34.5 Å². The first-order valence-electron chi connectivity index (χ1n) is 9.25. The van der Waals surface area contributed by atoms with Crippen molar-refractivity contribution in [2.24, 2.45) is 10.1 Å². The number of fused-ring (bicyclic) bond motifs is 3. The number of aliphatic hydroxyl groups excluding tert-OH is 1. The van der Waals surface area contributed by atoms with Gasteiger partial charge in [0.2, 0.25) is 0 Å². The molecule has 2 atom stereocenters. The Hall–Kier alpha value is -2.90. The summed E-state index contributed by atoms with van der Waals surface area (Å²) < 4.78 is 0. The zero-order valence-electron chi connectivity index (χ0n) is 16.6. The third kappa shape index (κ3) is 3.58. The number of hydrogen-bond donors (Lipinski definition) is 2. The summed E-state index contributed by atoms with van der Waals surface area (Å²) in [7, 11) is 1.64. The molecule has 0 spiro atoms. The first-order chi connectivity index (χ1) is 14.8. The molecule has 4 rings (SSSR count). The lowest BCUT2D eigenvalue weighted by Crippen LogP contribution is -2.52. The van der Waals surface area contributed by atoms with Crippen molar-refractivity contribution in [2.75, 3.05) is 18.7 Å². The van der Waals surface area contributed by atoms with Crippen LogP contribution in [0.1, 0.15) is 16.8 Å². The topological polar surface area (TPSA) is 118 Å². The number of aliphatic imine (C=N–C) groups is 1. The number of aromatic hydroxyl groups is 1. The molecule has 2 unspecified atom stereocenters. The number of likely N-dealkylation sites (N-methyl/N-ethyl adjacent to an activating group) is 1. The summed E-state index contributed by atoms with van der Waals surface area (Å²) in [6, 6.07) is 6.48. The van der Waals surface area contributed by atoms with E-state index in [-0.39, 0.29) is 19.0 Å². The number of hydrazone groups is 1. The second-order valence-electron chi connectivity index (χ2n) is 7.14. The van der Waals surface area contributed by atoms with E-state index >= 15 is 0 Å². The highest BCUT2D eigenvalue weighted by molar-refractivity contribution is 6.31. The molecule has 2 aliphatic heterocycles. The second-order valence-corrected chi connectivity index (χ2v) is 8.25. The third-order valence-electron chi connectivity index (χ3n) is 5.14. The molecule has 0 amide bonds. The molecule has 9 nitrogen and oxygen atoms in total. The highest BCUT2D eigenvalue weighted by Crippen LogP contribution is 2.45. The minimum Gasteiger partial charge on any atom is -0.505 e. The van der Waals surface area contributed by atoms with Gasteiger partial charge in [-0.3, -0.25) is 14.8 Å². The third-order valence-corrected chi connectivity index (χ3v) is 5.78. The van der Waals surface area contributed by atoms with Crippen LogP contribution in [0.4, 0.5) is 11.4 Å². The Balaban J connectivity index is 1.77. The van der Waals surface area contributed by atoms with Gasteiger partial charge in [0.25, 0.3) is 0 Å². The van der Waals surface area contributed by atoms with Gasteiger partial charge in [0.1, 0.15) is 12.4 Å². The predicted octanol–water partition coefficient (Wildman–Crippen LogP) is 2.87. The van der Waals surface area contributed by atoms with Crippen LogP contribution in [-0.2, 0) is 11.4 Å². The minimum atomic E-state index is -1.39. The lowest BCUT2D eigenvalue weighted by atomic mass is 9.98. The summed E-state index contributed by atoms with van der Waals surface area (Å²) in [6.07, 6.45) is 2.87. The molecule has 2 aliphatic rings. The number of amidine groups is 1. The largest absolute Gasteiger partial charge is 0.505 e. The minimum absolute atomic E-state index is 0.0444. The van der Waals surface area contributed by atoms with E-state index in [1.807, 2.05) is 0 Å². The monoisotopic (exact) mass is 460 g/mol. The van der Waals surface area contributed by atoms with Crippen molar-refractivity contribution in [3.63, 3.8) is 0 Å². The van der Waals surface area contributed by atoms with Gasteiger partial charge in [-0.15, -0.1) is 0 Å². The molecule has 1 aromatic heterocycles. The molecule has 31 heavy (non-hydrogen) atoms. The summed E-state index contributed by atoms with van der Waals surface area (Å²) in [4.78, 5) is 13.0. The molecule has 160 valence electrons. The summed E-state index contributed by atoms with van der Waals surface area (Å²) in [5, 5.41) is 37.5. The number of hydroxylamine groups is 1. The molecule has 0 radical (unpaired) electrons. The molecule has 2 N–H and O–H groups in total. The van der Waals surface area contributed by atoms with Crippen molar-refractivity contribution in [3.05, 3.63) is 46.2 Å². The van der Waals surface area contributed by atoms with Crippen LogP contribution in [0.2, 0.25) is 5.02 Å². The van der Waals surface area contributed by atoms with Crippen molar-refractivity contribution in [3.8, 4) is 11.8 Å². The number of aryl methyl sites for hydroxylation is 1. The molecule has 1 fully saturated rings. The average Bonchev–Trinajstić information content (AvgIpc) is 3.12. The highest BCUT2D eigenvalue weighted by Gasteiger charge is 2.54. The maximum atomic E-state index is 10.3. The zero-order chi connectivity index (χ0) is 22.3. The Kier molecular flexibility index (Phi) is 5.49. The fourth-order valence-electron chi connectivity index (χ4n) is 3.44. The lowest BCUT2D eigenvalue weighted by molar-refractivity contribution is 0.160. The number of alkyl halides is 1. The number of rotatable bonds is 3. The van der Waals surface area contributed by atoms with Gasteiger partial charge < -0.3 is 10.2 Å². The van der Waals surface area contributed by atoms with E-state index in [0.29, 0.717) is 39.1 Å². The van der Waals surface area contributed by atoms with Crippen LogP contribution in [0.5, 0.6) is 5.75 Å². The second kappa shape index (κ2) is 7.98. The summed E-state index contributed by atoms with van der Waals surface area (Å²) in [5.41, 5.74) is 2.33. The Morgan fingerprint density at radius 3 is 3.00 bits per heavy atom. The van der Waals surface area contributed by atoms with Crippen LogP contribution < -0.4 is 5.06 Å². The smallest absolute Gasteiger partial charge is 0.186 e. The molecule has 1 saturated heterocycles. The van der Waals surface area contributed by atoms with Crippen LogP contribution in [0, 0.1) is 18.3 Å². The maximum absolute atomic E-state index is 10.3. The van der Waals surface area contributed by atoms with Crippen molar-refractivity contribution in [2.45, 2.75) is 24.4 Å². The van der Waals surface area contributed by atoms with Gasteiger partial charge in [-0.05, 0) is 25.1 Å². The number of hydrogen-bond acceptors (Lipinski definition) is 9. The molecular weight excluding hydrogens is 443 g/mol. The number of aliphatic hydroxyl groups is 1. The van der Waals surface area contributed by atoms with Gasteiger partial charge in [0, 0.05) is 29.4 Å². The van der Waals surface area contributed by atoms with E-state index in [4.69, 9.17) is 28.0 Å². The Morgan fingerprint density at radius 2 is 2.29 bits per heavy atom. The van der Waals surface area contributed by atoms with Crippen molar-refractivity contribution < 1.29 is 15.1 Å². The van der Waals surface area contributed by atoms with E-state index in [1.165, 1.54) is 22.5 Å². The summed E-state index contributed by atoms with van der Waals surface area (Å²) in [6.45, 7) is 1.29. The van der Waals surface area contributed by atoms with Gasteiger partial charge >= 0.3 is 0 Å². The molecule has 11 heteroatoms. The van der Waals surface area contributed by atoms with Crippen LogP contribution in [0.3, 0.4) is 0 Å². The number of halogens is 2. The van der Waals surface area contributed by atoms with Crippen molar-refractivity contribution >= 4 is 46.6 Å². The van der Waals surface area contributed by atoms with Crippen LogP contribution in [-0.4, -0.2) is 56.8 Å². The van der Waals surface area contributed by atoms with Gasteiger partial charge in [-0.2, -0.15) is 10.4 Å². The van der Waals surface area contributed by atoms with E-state index < -0.39 is 10.9 Å². The maximum Gasteiger partial charge on any atom is 0.186 e. The highest BCUT2D eigenvalue weighted by atomic mass is 35.5. The van der Waals surface area contributed by atoms with E-state index in [9.17, 15) is 15.5 Å². The van der Waals surface area contributed by atoms with Crippen LogP contribution >= 0.6 is 23.2 Å². The fraction of sp³-hybridized carbons (Fsp3) is 0.300. The molecule has 0 saturated carbocycles. The number of benzene rings is 1. The number of nitrogens with zero attached hydrogens (tertiary/aromatic N) is 6. The number of anilines is 1. The molecule has 2 aromatic rings. The molecule has 1 aromatic carbocycles. The Morgan fingerprint density at radius 1 is 1.52 bits per heavy atom. The van der Waals surface area contributed by atoms with Gasteiger partial charge in [0.05, 0.1) is 36.0 Å². The number of aromatic nitrogens is 1. The van der Waals surface area contributed by atoms with E-state index in [2.05, 4.69) is 21.1 Å². The molecular formula is C20H18Cl2N6O3. The molecule has 0 bridgehead atoms. The standard InChI is InChI=1S/C20H18Cl2N6O3/c1-11-17(30)14(12(8-29)6-24-11)7-25-27(2)19-18-20(22,9-23)10-31-28(18)16-5-13(21)3-4-15(16)26-19/h3-7,18,29-30H,8,10H2,1-2H3/b25-7+.